The lowest BCUT2D eigenvalue weighted by molar-refractivity contribution is 0.0693. The van der Waals surface area contributed by atoms with Crippen molar-refractivity contribution >= 4 is 11.7 Å². The number of methoxy groups -OCH3 is 1. The standard InChI is InChI=1S/C11H13NO3.2C2H6/c1-7(12)5-8-3-4-9(11(13)14)10(6-8)15-2;2*1-2/h3-4,6,12H,5H2,1-2H3,(H,13,14);2*1-2H3. The number of carbonyl (C=O) groups is 1. The maximum Gasteiger partial charge on any atom is 0.339 e. The number of nitrogens with one attached hydrogen (secondary N) is 1. The van der Waals surface area contributed by atoms with Crippen LogP contribution in [0.4, 0.5) is 0 Å². The van der Waals surface area contributed by atoms with Crippen LogP contribution in [0, 0.1) is 5.41 Å². The van der Waals surface area contributed by atoms with Crippen molar-refractivity contribution in [3.8, 4) is 5.75 Å². The fourth-order valence-corrected chi connectivity index (χ4v) is 1.33. The Hall–Kier alpha value is -1.84. The van der Waals surface area contributed by atoms with E-state index in [4.69, 9.17) is 15.3 Å². The molecule has 108 valence electrons. The molecular weight excluding hydrogens is 242 g/mol. The Morgan fingerprint density at radius 2 is 1.79 bits per heavy atom. The predicted octanol–water partition coefficient (Wildman–Crippen LogP) is 4.03. The van der Waals surface area contributed by atoms with Crippen molar-refractivity contribution in [3.63, 3.8) is 0 Å². The largest absolute Gasteiger partial charge is 0.496 e. The molecule has 0 atom stereocenters. The van der Waals surface area contributed by atoms with Gasteiger partial charge in [-0.15, -0.1) is 0 Å². The number of hydrogen-bond acceptors (Lipinski definition) is 3. The van der Waals surface area contributed by atoms with Gasteiger partial charge in [-0.05, 0) is 24.6 Å². The van der Waals surface area contributed by atoms with Gasteiger partial charge in [-0.25, -0.2) is 4.79 Å². The summed E-state index contributed by atoms with van der Waals surface area (Å²) in [5, 5.41) is 16.2. The van der Waals surface area contributed by atoms with Crippen LogP contribution in [-0.4, -0.2) is 23.9 Å². The molecule has 1 rings (SSSR count). The minimum Gasteiger partial charge on any atom is -0.496 e. The maximum atomic E-state index is 10.8. The van der Waals surface area contributed by atoms with Crippen molar-refractivity contribution in [2.24, 2.45) is 0 Å². The zero-order valence-electron chi connectivity index (χ0n) is 12.7. The number of ether oxygens (including phenoxy) is 1. The summed E-state index contributed by atoms with van der Waals surface area (Å²) in [6.07, 6.45) is 0.510. The van der Waals surface area contributed by atoms with E-state index in [1.54, 1.807) is 19.1 Å². The Morgan fingerprint density at radius 1 is 1.26 bits per heavy atom. The van der Waals surface area contributed by atoms with Crippen LogP contribution in [0.15, 0.2) is 18.2 Å². The molecule has 0 aliphatic carbocycles. The molecule has 19 heavy (non-hydrogen) atoms. The van der Waals surface area contributed by atoms with E-state index >= 15 is 0 Å². The van der Waals surface area contributed by atoms with Crippen molar-refractivity contribution < 1.29 is 14.6 Å². The smallest absolute Gasteiger partial charge is 0.339 e. The van der Waals surface area contributed by atoms with Gasteiger partial charge in [0.1, 0.15) is 11.3 Å². The number of rotatable bonds is 4. The van der Waals surface area contributed by atoms with Crippen molar-refractivity contribution in [1.29, 1.82) is 5.41 Å². The second-order valence-corrected chi connectivity index (χ2v) is 3.30. The third kappa shape index (κ3) is 7.24. The van der Waals surface area contributed by atoms with Gasteiger partial charge >= 0.3 is 5.97 Å². The van der Waals surface area contributed by atoms with Crippen LogP contribution in [0.5, 0.6) is 5.75 Å². The molecule has 0 bridgehead atoms. The molecular formula is C15H25NO3. The topological polar surface area (TPSA) is 70.4 Å². The molecule has 0 aliphatic rings. The summed E-state index contributed by atoms with van der Waals surface area (Å²) in [6.45, 7) is 9.71. The summed E-state index contributed by atoms with van der Waals surface area (Å²) in [5.41, 5.74) is 1.55. The number of aromatic carboxylic acids is 1. The number of carboxylic acid groups (broad SMARTS) is 1. The molecule has 4 heteroatoms. The van der Waals surface area contributed by atoms with Crippen molar-refractivity contribution in [2.45, 2.75) is 41.0 Å². The highest BCUT2D eigenvalue weighted by Crippen LogP contribution is 2.20. The van der Waals surface area contributed by atoms with Crippen molar-refractivity contribution in [3.05, 3.63) is 29.3 Å². The van der Waals surface area contributed by atoms with Crippen LogP contribution in [-0.2, 0) is 6.42 Å². The minimum atomic E-state index is -1.01. The van der Waals surface area contributed by atoms with Gasteiger partial charge in [-0.2, -0.15) is 0 Å². The molecule has 0 radical (unpaired) electrons. The Labute approximate surface area is 115 Å². The van der Waals surface area contributed by atoms with E-state index in [0.29, 0.717) is 17.9 Å². The second-order valence-electron chi connectivity index (χ2n) is 3.30. The van der Waals surface area contributed by atoms with E-state index in [2.05, 4.69) is 0 Å². The molecule has 1 aromatic rings. The Kier molecular flexibility index (Phi) is 11.6. The molecule has 0 saturated carbocycles. The number of carboxylic acids is 1. The normalized spacial score (nSPS) is 8.32. The Balaban J connectivity index is 0. The van der Waals surface area contributed by atoms with E-state index in [9.17, 15) is 4.79 Å². The summed E-state index contributed by atoms with van der Waals surface area (Å²) in [4.78, 5) is 10.8. The first-order chi connectivity index (χ1) is 9.04. The third-order valence-electron chi connectivity index (χ3n) is 1.97. The van der Waals surface area contributed by atoms with E-state index in [1.807, 2.05) is 27.7 Å². The molecule has 4 nitrogen and oxygen atoms in total. The van der Waals surface area contributed by atoms with Gasteiger partial charge in [0.15, 0.2) is 0 Å². The quantitative estimate of drug-likeness (QED) is 0.809. The van der Waals surface area contributed by atoms with Crippen molar-refractivity contribution in [1.82, 2.24) is 0 Å². The molecule has 1 aromatic carbocycles. The van der Waals surface area contributed by atoms with Crippen LogP contribution in [0.2, 0.25) is 0 Å². The van der Waals surface area contributed by atoms with Gasteiger partial charge in [-0.1, -0.05) is 33.8 Å². The Bertz CT molecular complexity index is 400. The molecule has 0 saturated heterocycles. The van der Waals surface area contributed by atoms with Crippen LogP contribution in [0.25, 0.3) is 0 Å². The molecule has 0 aromatic heterocycles. The predicted molar refractivity (Wildman–Crippen MR) is 79.8 cm³/mol. The lowest BCUT2D eigenvalue weighted by Crippen LogP contribution is -2.02. The molecule has 0 spiro atoms. The summed E-state index contributed by atoms with van der Waals surface area (Å²) in [5.74, 6) is -0.675. The van der Waals surface area contributed by atoms with Crippen molar-refractivity contribution in [2.75, 3.05) is 7.11 Å². The molecule has 2 N–H and O–H groups in total. The van der Waals surface area contributed by atoms with Gasteiger partial charge in [0, 0.05) is 12.1 Å². The van der Waals surface area contributed by atoms with Gasteiger partial charge in [0.05, 0.1) is 7.11 Å². The van der Waals surface area contributed by atoms with Gasteiger partial charge in [0.2, 0.25) is 0 Å². The number of benzene rings is 1. The zero-order valence-corrected chi connectivity index (χ0v) is 12.7. The third-order valence-corrected chi connectivity index (χ3v) is 1.97. The monoisotopic (exact) mass is 267 g/mol. The van der Waals surface area contributed by atoms with Gasteiger partial charge in [-0.3, -0.25) is 0 Å². The first-order valence-corrected chi connectivity index (χ1v) is 6.49. The van der Waals surface area contributed by atoms with Gasteiger partial charge < -0.3 is 15.3 Å². The molecule has 0 heterocycles. The lowest BCUT2D eigenvalue weighted by atomic mass is 10.1. The number of hydrogen-bond donors (Lipinski definition) is 2. The van der Waals surface area contributed by atoms with E-state index in [0.717, 1.165) is 5.56 Å². The Morgan fingerprint density at radius 3 is 2.16 bits per heavy atom. The first kappa shape index (κ1) is 19.5. The summed E-state index contributed by atoms with van der Waals surface area (Å²) >= 11 is 0. The average molecular weight is 267 g/mol. The summed E-state index contributed by atoms with van der Waals surface area (Å²) in [6, 6.07) is 4.85. The SMILES string of the molecule is CC.CC.COc1cc(CC(C)=N)ccc1C(=O)O. The maximum absolute atomic E-state index is 10.8. The highest BCUT2D eigenvalue weighted by atomic mass is 16.5. The zero-order chi connectivity index (χ0) is 15.4. The van der Waals surface area contributed by atoms with E-state index in [1.165, 1.54) is 13.2 Å². The lowest BCUT2D eigenvalue weighted by Gasteiger charge is -2.07. The summed E-state index contributed by atoms with van der Waals surface area (Å²) in [7, 11) is 1.43. The molecule has 0 fully saturated rings. The molecule has 0 aliphatic heterocycles. The minimum absolute atomic E-state index is 0.142. The van der Waals surface area contributed by atoms with Crippen LogP contribution in [0.3, 0.4) is 0 Å². The first-order valence-electron chi connectivity index (χ1n) is 6.49. The fraction of sp³-hybridized carbons (Fsp3) is 0.467. The fourth-order valence-electron chi connectivity index (χ4n) is 1.33. The van der Waals surface area contributed by atoms with Crippen LogP contribution in [0.1, 0.15) is 50.5 Å². The van der Waals surface area contributed by atoms with Gasteiger partial charge in [0.25, 0.3) is 0 Å². The highest BCUT2D eigenvalue weighted by molar-refractivity contribution is 5.91. The molecule has 0 unspecified atom stereocenters. The highest BCUT2D eigenvalue weighted by Gasteiger charge is 2.11. The van der Waals surface area contributed by atoms with E-state index < -0.39 is 5.97 Å². The van der Waals surface area contributed by atoms with E-state index in [-0.39, 0.29) is 5.56 Å². The molecule has 0 amide bonds. The second kappa shape index (κ2) is 11.3. The van der Waals surface area contributed by atoms with Crippen LogP contribution >= 0.6 is 0 Å². The van der Waals surface area contributed by atoms with Crippen LogP contribution < -0.4 is 4.74 Å². The average Bonchev–Trinajstić information content (AvgIpc) is 2.42. The summed E-state index contributed by atoms with van der Waals surface area (Å²) < 4.78 is 4.98.